The Labute approximate surface area is 63.6 Å². The van der Waals surface area contributed by atoms with Gasteiger partial charge in [0.05, 0.1) is 3.79 Å². The van der Waals surface area contributed by atoms with Gasteiger partial charge in [0.2, 0.25) is 0 Å². The first-order valence-corrected chi connectivity index (χ1v) is 3.89. The maximum absolute atomic E-state index is 11.8. The van der Waals surface area contributed by atoms with E-state index in [9.17, 15) is 8.78 Å². The van der Waals surface area contributed by atoms with Gasteiger partial charge in [0.1, 0.15) is 0 Å². The zero-order chi connectivity index (χ0) is 6.85. The molecule has 0 radical (unpaired) electrons. The predicted octanol–water partition coefficient (Wildman–Crippen LogP) is 3.45. The monoisotopic (exact) mass is 212 g/mol. The molecule has 0 spiro atoms. The highest BCUT2D eigenvalue weighted by molar-refractivity contribution is 9.11. The quantitative estimate of drug-likeness (QED) is 0.670. The van der Waals surface area contributed by atoms with Crippen LogP contribution in [0.3, 0.4) is 0 Å². The van der Waals surface area contributed by atoms with Gasteiger partial charge < -0.3 is 0 Å². The highest BCUT2D eigenvalue weighted by atomic mass is 79.9. The van der Waals surface area contributed by atoms with Crippen molar-refractivity contribution in [2.75, 3.05) is 0 Å². The van der Waals surface area contributed by atoms with Crippen LogP contribution in [0.1, 0.15) is 12.0 Å². The molecule has 0 aliphatic heterocycles. The number of hydrogen-bond donors (Lipinski definition) is 0. The summed E-state index contributed by atoms with van der Waals surface area (Å²) in [6.45, 7) is 0. The van der Waals surface area contributed by atoms with Crippen molar-refractivity contribution in [3.8, 4) is 0 Å². The third-order valence-corrected chi connectivity index (χ3v) is 2.36. The van der Waals surface area contributed by atoms with Crippen LogP contribution in [-0.2, 0) is 0 Å². The third-order valence-electron chi connectivity index (χ3n) is 0.840. The molecule has 1 aromatic heterocycles. The van der Waals surface area contributed by atoms with Crippen LogP contribution in [0, 0.1) is 0 Å². The highest BCUT2D eigenvalue weighted by Crippen LogP contribution is 2.27. The summed E-state index contributed by atoms with van der Waals surface area (Å²) in [5.41, 5.74) is 0.0897. The van der Waals surface area contributed by atoms with Gasteiger partial charge >= 0.3 is 0 Å². The molecule has 0 aliphatic rings. The molecule has 1 heterocycles. The SMILES string of the molecule is FC(F)c1csc(Br)c1. The molecule has 0 amide bonds. The van der Waals surface area contributed by atoms with Crippen LogP contribution in [0.5, 0.6) is 0 Å². The lowest BCUT2D eigenvalue weighted by Crippen LogP contribution is -1.74. The molecular weight excluding hydrogens is 210 g/mol. The fourth-order valence-electron chi connectivity index (χ4n) is 0.438. The molecule has 0 bridgehead atoms. The summed E-state index contributed by atoms with van der Waals surface area (Å²) in [5.74, 6) is 0. The molecular formula is C5H3BrF2S. The zero-order valence-electron chi connectivity index (χ0n) is 4.27. The summed E-state index contributed by atoms with van der Waals surface area (Å²) < 4.78 is 24.3. The van der Waals surface area contributed by atoms with Crippen LogP contribution >= 0.6 is 27.3 Å². The Morgan fingerprint density at radius 2 is 2.22 bits per heavy atom. The normalized spacial score (nSPS) is 10.7. The first-order chi connectivity index (χ1) is 4.20. The van der Waals surface area contributed by atoms with E-state index in [-0.39, 0.29) is 5.56 Å². The zero-order valence-corrected chi connectivity index (χ0v) is 6.68. The van der Waals surface area contributed by atoms with Crippen molar-refractivity contribution in [1.29, 1.82) is 0 Å². The predicted molar refractivity (Wildman–Crippen MR) is 37.0 cm³/mol. The molecule has 50 valence electrons. The van der Waals surface area contributed by atoms with Gasteiger partial charge in [-0.15, -0.1) is 11.3 Å². The van der Waals surface area contributed by atoms with E-state index in [1.807, 2.05) is 0 Å². The Hall–Kier alpha value is 0.0400. The molecule has 0 N–H and O–H groups in total. The van der Waals surface area contributed by atoms with Gasteiger partial charge in [0.25, 0.3) is 6.43 Å². The van der Waals surface area contributed by atoms with Crippen LogP contribution in [-0.4, -0.2) is 0 Å². The number of thiophene rings is 1. The van der Waals surface area contributed by atoms with Crippen LogP contribution in [0.15, 0.2) is 15.2 Å². The Morgan fingerprint density at radius 3 is 2.44 bits per heavy atom. The Kier molecular flexibility index (Phi) is 2.18. The van der Waals surface area contributed by atoms with Gasteiger partial charge in [0.15, 0.2) is 0 Å². The van der Waals surface area contributed by atoms with Gasteiger partial charge in [-0.2, -0.15) is 0 Å². The van der Waals surface area contributed by atoms with E-state index >= 15 is 0 Å². The average Bonchev–Trinajstić information content (AvgIpc) is 2.14. The molecule has 0 fully saturated rings. The van der Waals surface area contributed by atoms with Crippen molar-refractivity contribution in [2.24, 2.45) is 0 Å². The Morgan fingerprint density at radius 1 is 1.56 bits per heavy atom. The van der Waals surface area contributed by atoms with E-state index in [1.165, 1.54) is 22.8 Å². The van der Waals surface area contributed by atoms with Crippen molar-refractivity contribution in [3.63, 3.8) is 0 Å². The molecule has 4 heteroatoms. The summed E-state index contributed by atoms with van der Waals surface area (Å²) >= 11 is 4.35. The lowest BCUT2D eigenvalue weighted by Gasteiger charge is -1.88. The third kappa shape index (κ3) is 1.72. The summed E-state index contributed by atoms with van der Waals surface area (Å²) in [6, 6.07) is 1.43. The smallest absolute Gasteiger partial charge is 0.205 e. The lowest BCUT2D eigenvalue weighted by atomic mass is 10.4. The van der Waals surface area contributed by atoms with Crippen molar-refractivity contribution in [2.45, 2.75) is 6.43 Å². The van der Waals surface area contributed by atoms with Crippen LogP contribution in [0.2, 0.25) is 0 Å². The van der Waals surface area contributed by atoms with E-state index in [0.29, 0.717) is 0 Å². The number of alkyl halides is 2. The molecule has 0 saturated carbocycles. The van der Waals surface area contributed by atoms with Crippen molar-refractivity contribution in [1.82, 2.24) is 0 Å². The molecule has 1 rings (SSSR count). The van der Waals surface area contributed by atoms with Crippen molar-refractivity contribution in [3.05, 3.63) is 20.8 Å². The van der Waals surface area contributed by atoms with E-state index in [1.54, 1.807) is 0 Å². The minimum absolute atomic E-state index is 0.0897. The second-order valence-corrected chi connectivity index (χ2v) is 3.78. The minimum atomic E-state index is -2.34. The summed E-state index contributed by atoms with van der Waals surface area (Å²) in [4.78, 5) is 0. The van der Waals surface area contributed by atoms with Crippen molar-refractivity contribution >= 4 is 27.3 Å². The molecule has 0 unspecified atom stereocenters. The highest BCUT2D eigenvalue weighted by Gasteiger charge is 2.07. The van der Waals surface area contributed by atoms with E-state index in [4.69, 9.17) is 0 Å². The second kappa shape index (κ2) is 2.75. The molecule has 0 atom stereocenters. The fraction of sp³-hybridized carbons (Fsp3) is 0.200. The van der Waals surface area contributed by atoms with Crippen LogP contribution in [0.25, 0.3) is 0 Å². The first kappa shape index (κ1) is 7.15. The van der Waals surface area contributed by atoms with E-state index in [0.717, 1.165) is 3.79 Å². The molecule has 0 saturated heterocycles. The number of halogens is 3. The van der Waals surface area contributed by atoms with Crippen molar-refractivity contribution < 1.29 is 8.78 Å². The van der Waals surface area contributed by atoms with Crippen LogP contribution in [0.4, 0.5) is 8.78 Å². The first-order valence-electron chi connectivity index (χ1n) is 2.22. The summed E-state index contributed by atoms with van der Waals surface area (Å²) in [7, 11) is 0. The fourth-order valence-corrected chi connectivity index (χ4v) is 1.61. The van der Waals surface area contributed by atoms with E-state index in [2.05, 4.69) is 15.9 Å². The van der Waals surface area contributed by atoms with Gasteiger partial charge in [-0.05, 0) is 22.0 Å². The molecule has 0 aliphatic carbocycles. The average molecular weight is 213 g/mol. The molecule has 1 aromatic rings. The van der Waals surface area contributed by atoms with E-state index < -0.39 is 6.43 Å². The Bertz CT molecular complexity index is 197. The topological polar surface area (TPSA) is 0 Å². The molecule has 9 heavy (non-hydrogen) atoms. The lowest BCUT2D eigenvalue weighted by molar-refractivity contribution is 0.152. The largest absolute Gasteiger partial charge is 0.264 e. The molecule has 0 aromatic carbocycles. The number of hydrogen-bond acceptors (Lipinski definition) is 1. The van der Waals surface area contributed by atoms with Gasteiger partial charge in [-0.25, -0.2) is 8.78 Å². The maximum Gasteiger partial charge on any atom is 0.264 e. The second-order valence-electron chi connectivity index (χ2n) is 1.48. The van der Waals surface area contributed by atoms with Gasteiger partial charge in [0, 0.05) is 10.9 Å². The standard InChI is InChI=1S/C5H3BrF2S/c6-4-1-3(2-9-4)5(7)8/h1-2,5H. The summed E-state index contributed by atoms with van der Waals surface area (Å²) in [6.07, 6.45) is -2.34. The Balaban J connectivity index is 2.85. The minimum Gasteiger partial charge on any atom is -0.205 e. The van der Waals surface area contributed by atoms with Crippen LogP contribution < -0.4 is 0 Å². The summed E-state index contributed by atoms with van der Waals surface area (Å²) in [5, 5.41) is 1.44. The maximum atomic E-state index is 11.8. The van der Waals surface area contributed by atoms with Gasteiger partial charge in [-0.1, -0.05) is 0 Å². The number of rotatable bonds is 1. The van der Waals surface area contributed by atoms with Gasteiger partial charge in [-0.3, -0.25) is 0 Å². The molecule has 0 nitrogen and oxygen atoms in total.